The maximum Gasteiger partial charge on any atom is 0.305 e. The molecule has 0 bridgehead atoms. The third-order valence-electron chi connectivity index (χ3n) is 6.02. The largest absolute Gasteiger partial charge is 0.481 e. The number of aryl methyl sites for hydroxylation is 1. The van der Waals surface area contributed by atoms with Gasteiger partial charge in [-0.15, -0.1) is 0 Å². The van der Waals surface area contributed by atoms with Gasteiger partial charge in [0, 0.05) is 33.8 Å². The number of benzene rings is 4. The predicted octanol–water partition coefficient (Wildman–Crippen LogP) is 7.30. The molecule has 4 aromatic carbocycles. The summed E-state index contributed by atoms with van der Waals surface area (Å²) in [5, 5.41) is 19.3. The highest BCUT2D eigenvalue weighted by molar-refractivity contribution is 6.35. The fraction of sp³-hybridized carbons (Fsp3) is 0.100. The first-order valence-corrected chi connectivity index (χ1v) is 12.9. The molecule has 0 spiro atoms. The molecule has 5 rings (SSSR count). The molecule has 1 heterocycles. The normalized spacial score (nSPS) is 10.9. The Morgan fingerprint density at radius 3 is 2.31 bits per heavy atom. The van der Waals surface area contributed by atoms with Gasteiger partial charge in [0.05, 0.1) is 17.8 Å². The van der Waals surface area contributed by atoms with Crippen molar-refractivity contribution in [2.24, 2.45) is 0 Å². The van der Waals surface area contributed by atoms with Gasteiger partial charge in [-0.05, 0) is 72.3 Å². The molecule has 0 saturated heterocycles. The minimum Gasteiger partial charge on any atom is -0.481 e. The quantitative estimate of drug-likeness (QED) is 0.208. The smallest absolute Gasteiger partial charge is 0.305 e. The molecule has 0 saturated carbocycles. The number of hydrogen-bond acceptors (Lipinski definition) is 4. The summed E-state index contributed by atoms with van der Waals surface area (Å²) in [5.74, 6) is -0.396. The number of fused-ring (bicyclic) bond motifs is 1. The van der Waals surface area contributed by atoms with Gasteiger partial charge in [0.1, 0.15) is 5.75 Å². The summed E-state index contributed by atoms with van der Waals surface area (Å²) < 4.78 is 7.93. The number of halogens is 2. The number of carboxylic acids is 1. The molecule has 5 aromatic rings. The van der Waals surface area contributed by atoms with E-state index in [1.54, 1.807) is 53.2 Å². The molecule has 1 amide bonds. The Morgan fingerprint density at radius 1 is 0.897 bits per heavy atom. The fourth-order valence-corrected chi connectivity index (χ4v) is 4.65. The predicted molar refractivity (Wildman–Crippen MR) is 152 cm³/mol. The van der Waals surface area contributed by atoms with E-state index in [0.717, 1.165) is 22.0 Å². The molecule has 7 nitrogen and oxygen atoms in total. The lowest BCUT2D eigenvalue weighted by atomic mass is 10.1. The van der Waals surface area contributed by atoms with Crippen LogP contribution in [0.3, 0.4) is 0 Å². The number of nitrogens with one attached hydrogen (secondary N) is 1. The van der Waals surface area contributed by atoms with Gasteiger partial charge in [-0.25, -0.2) is 4.68 Å². The van der Waals surface area contributed by atoms with Crippen LogP contribution >= 0.6 is 23.2 Å². The van der Waals surface area contributed by atoms with Crippen LogP contribution in [0.1, 0.15) is 22.3 Å². The van der Waals surface area contributed by atoms with Crippen LogP contribution in [-0.4, -0.2) is 33.3 Å². The summed E-state index contributed by atoms with van der Waals surface area (Å²) in [4.78, 5) is 23.0. The number of carbonyl (C=O) groups excluding carboxylic acids is 1. The van der Waals surface area contributed by atoms with E-state index in [-0.39, 0.29) is 18.9 Å². The van der Waals surface area contributed by atoms with Gasteiger partial charge in [0.2, 0.25) is 5.88 Å². The molecule has 0 unspecified atom stereocenters. The molecular formula is C30H23Cl2N3O4. The van der Waals surface area contributed by atoms with Crippen molar-refractivity contribution in [3.63, 3.8) is 0 Å². The van der Waals surface area contributed by atoms with Crippen molar-refractivity contribution in [2.45, 2.75) is 13.3 Å². The number of ether oxygens (including phenoxy) is 1. The Morgan fingerprint density at radius 2 is 1.59 bits per heavy atom. The Hall–Kier alpha value is -4.33. The minimum atomic E-state index is -0.975. The average Bonchev–Trinajstić information content (AvgIpc) is 3.32. The van der Waals surface area contributed by atoms with Gasteiger partial charge >= 0.3 is 5.97 Å². The molecule has 2 N–H and O–H groups in total. The summed E-state index contributed by atoms with van der Waals surface area (Å²) in [6, 6.07) is 25.9. The fourth-order valence-electron chi connectivity index (χ4n) is 4.13. The summed E-state index contributed by atoms with van der Waals surface area (Å²) in [5.41, 5.74) is 3.72. The third-order valence-corrected chi connectivity index (χ3v) is 6.46. The number of rotatable bonds is 8. The second-order valence-electron chi connectivity index (χ2n) is 9.00. The highest BCUT2D eigenvalue weighted by Gasteiger charge is 2.16. The zero-order valence-electron chi connectivity index (χ0n) is 20.8. The third kappa shape index (κ3) is 6.22. The average molecular weight is 560 g/mol. The summed E-state index contributed by atoms with van der Waals surface area (Å²) in [6.45, 7) is 2.10. The van der Waals surface area contributed by atoms with Crippen LogP contribution in [-0.2, 0) is 4.79 Å². The molecule has 0 aliphatic carbocycles. The van der Waals surface area contributed by atoms with E-state index in [2.05, 4.69) is 30.4 Å². The summed E-state index contributed by atoms with van der Waals surface area (Å²) in [6.07, 6.45) is -0.147. The van der Waals surface area contributed by atoms with Crippen molar-refractivity contribution in [2.75, 3.05) is 6.54 Å². The van der Waals surface area contributed by atoms with Crippen LogP contribution in [0.4, 0.5) is 0 Å². The van der Waals surface area contributed by atoms with Crippen LogP contribution < -0.4 is 10.1 Å². The van der Waals surface area contributed by atoms with Crippen molar-refractivity contribution in [1.82, 2.24) is 15.1 Å². The molecule has 0 fully saturated rings. The summed E-state index contributed by atoms with van der Waals surface area (Å²) in [7, 11) is 0. The van der Waals surface area contributed by atoms with Crippen molar-refractivity contribution >= 4 is 45.9 Å². The van der Waals surface area contributed by atoms with E-state index >= 15 is 0 Å². The van der Waals surface area contributed by atoms with Crippen molar-refractivity contribution in [3.05, 3.63) is 106 Å². The highest BCUT2D eigenvalue weighted by atomic mass is 35.5. The number of aromatic nitrogens is 2. The lowest BCUT2D eigenvalue weighted by Gasteiger charge is -2.11. The van der Waals surface area contributed by atoms with E-state index in [0.29, 0.717) is 32.9 Å². The zero-order valence-corrected chi connectivity index (χ0v) is 22.3. The Balaban J connectivity index is 1.48. The number of carbonyl (C=O) groups is 2. The van der Waals surface area contributed by atoms with E-state index < -0.39 is 5.97 Å². The SMILES string of the molecule is Cc1ccc2cc(-n3nc(-c4cc(Cl)cc(Cl)c4)cc3Oc3ccc(C(=O)NCCC(=O)O)cc3)ccc2c1. The number of amides is 1. The zero-order chi connectivity index (χ0) is 27.5. The number of aliphatic carboxylic acids is 1. The molecule has 39 heavy (non-hydrogen) atoms. The maximum atomic E-state index is 12.3. The number of hydrogen-bond donors (Lipinski definition) is 2. The Kier molecular flexibility index (Phi) is 7.54. The molecular weight excluding hydrogens is 537 g/mol. The van der Waals surface area contributed by atoms with Crippen LogP contribution in [0, 0.1) is 6.92 Å². The number of carboxylic acid groups (broad SMARTS) is 1. The molecule has 0 atom stereocenters. The monoisotopic (exact) mass is 559 g/mol. The van der Waals surface area contributed by atoms with Crippen molar-refractivity contribution < 1.29 is 19.4 Å². The van der Waals surface area contributed by atoms with E-state index in [1.807, 2.05) is 18.2 Å². The van der Waals surface area contributed by atoms with Crippen LogP contribution in [0.15, 0.2) is 84.9 Å². The first-order valence-electron chi connectivity index (χ1n) is 12.1. The molecule has 0 aliphatic heterocycles. The Labute approximate surface area is 234 Å². The first kappa shape index (κ1) is 26.3. The lowest BCUT2D eigenvalue weighted by molar-refractivity contribution is -0.136. The van der Waals surface area contributed by atoms with Crippen LogP contribution in [0.5, 0.6) is 11.6 Å². The van der Waals surface area contributed by atoms with Gasteiger partial charge in [0.15, 0.2) is 0 Å². The van der Waals surface area contributed by atoms with Crippen LogP contribution in [0.25, 0.3) is 27.7 Å². The number of nitrogens with zero attached hydrogens (tertiary/aromatic N) is 2. The molecule has 0 radical (unpaired) electrons. The van der Waals surface area contributed by atoms with Crippen molar-refractivity contribution in [1.29, 1.82) is 0 Å². The molecule has 196 valence electrons. The molecule has 9 heteroatoms. The van der Waals surface area contributed by atoms with Gasteiger partial charge in [0.25, 0.3) is 5.91 Å². The first-order chi connectivity index (χ1) is 18.7. The van der Waals surface area contributed by atoms with Gasteiger partial charge in [-0.3, -0.25) is 9.59 Å². The van der Waals surface area contributed by atoms with E-state index in [4.69, 9.17) is 38.1 Å². The minimum absolute atomic E-state index is 0.0488. The summed E-state index contributed by atoms with van der Waals surface area (Å²) >= 11 is 12.5. The highest BCUT2D eigenvalue weighted by Crippen LogP contribution is 2.33. The van der Waals surface area contributed by atoms with E-state index in [9.17, 15) is 9.59 Å². The van der Waals surface area contributed by atoms with Crippen molar-refractivity contribution in [3.8, 4) is 28.6 Å². The molecule has 1 aromatic heterocycles. The second-order valence-corrected chi connectivity index (χ2v) is 9.87. The lowest BCUT2D eigenvalue weighted by Crippen LogP contribution is -2.25. The second kappa shape index (κ2) is 11.2. The van der Waals surface area contributed by atoms with Gasteiger partial charge in [-0.2, -0.15) is 5.10 Å². The topological polar surface area (TPSA) is 93.5 Å². The van der Waals surface area contributed by atoms with Gasteiger partial charge < -0.3 is 15.2 Å². The van der Waals surface area contributed by atoms with E-state index in [1.165, 1.54) is 5.56 Å². The standard InChI is InChI=1S/C30H23Cl2N3O4/c1-18-2-3-21-15-25(7-4-20(21)12-18)35-28(17-27(34-35)22-13-23(31)16-24(32)14-22)39-26-8-5-19(6-9-26)30(38)33-11-10-29(36)37/h2-9,12-17H,10-11H2,1H3,(H,33,38)(H,36,37). The van der Waals surface area contributed by atoms with Gasteiger partial charge in [-0.1, -0.05) is 53.0 Å². The maximum absolute atomic E-state index is 12.3. The Bertz CT molecular complexity index is 1680. The van der Waals surface area contributed by atoms with Crippen LogP contribution in [0.2, 0.25) is 10.0 Å². The molecule has 0 aliphatic rings.